The maximum Gasteiger partial charge on any atom is 0.343 e. The zero-order valence-electron chi connectivity index (χ0n) is 25.7. The SMILES string of the molecule is C=CC(=O)OCCCCOc1ccc(C(=O)Oc2ccc(OCOc3ccc(OCCCCCC)cc3)cc2CNC)cc1. The minimum Gasteiger partial charge on any atom is -0.494 e. The van der Waals surface area contributed by atoms with Gasteiger partial charge in [-0.2, -0.15) is 0 Å². The van der Waals surface area contributed by atoms with Gasteiger partial charge in [-0.05, 0) is 93.0 Å². The number of hydrogen-bond donors (Lipinski definition) is 1. The van der Waals surface area contributed by atoms with Crippen LogP contribution in [-0.2, 0) is 16.1 Å². The molecule has 3 rings (SSSR count). The van der Waals surface area contributed by atoms with Crippen LogP contribution < -0.4 is 29.0 Å². The number of hydrogen-bond acceptors (Lipinski definition) is 9. The molecule has 0 heterocycles. The lowest BCUT2D eigenvalue weighted by Crippen LogP contribution is -2.13. The summed E-state index contributed by atoms with van der Waals surface area (Å²) in [4.78, 5) is 23.9. The Labute approximate surface area is 260 Å². The van der Waals surface area contributed by atoms with E-state index in [4.69, 9.17) is 28.4 Å². The van der Waals surface area contributed by atoms with E-state index in [1.807, 2.05) is 37.4 Å². The third kappa shape index (κ3) is 12.4. The molecule has 0 amide bonds. The summed E-state index contributed by atoms with van der Waals surface area (Å²) in [5.41, 5.74) is 1.16. The van der Waals surface area contributed by atoms with Gasteiger partial charge in [0.25, 0.3) is 0 Å². The first kappa shape index (κ1) is 34.0. The number of carbonyl (C=O) groups is 2. The van der Waals surface area contributed by atoms with Crippen molar-refractivity contribution in [3.05, 3.63) is 90.5 Å². The lowest BCUT2D eigenvalue weighted by molar-refractivity contribution is -0.137. The molecule has 0 spiro atoms. The highest BCUT2D eigenvalue weighted by Gasteiger charge is 2.13. The molecule has 0 atom stereocenters. The molecule has 9 nitrogen and oxygen atoms in total. The van der Waals surface area contributed by atoms with Crippen molar-refractivity contribution < 1.29 is 38.0 Å². The highest BCUT2D eigenvalue weighted by molar-refractivity contribution is 5.91. The number of esters is 2. The summed E-state index contributed by atoms with van der Waals surface area (Å²) in [7, 11) is 1.81. The summed E-state index contributed by atoms with van der Waals surface area (Å²) in [5.74, 6) is 2.22. The van der Waals surface area contributed by atoms with Crippen LogP contribution in [0.1, 0.15) is 61.4 Å². The number of nitrogens with one attached hydrogen (secondary N) is 1. The molecule has 3 aromatic carbocycles. The molecule has 236 valence electrons. The normalized spacial score (nSPS) is 10.5. The van der Waals surface area contributed by atoms with Crippen LogP contribution in [0, 0.1) is 0 Å². The fraction of sp³-hybridized carbons (Fsp3) is 0.371. The second kappa shape index (κ2) is 19.6. The van der Waals surface area contributed by atoms with Crippen LogP contribution in [0.2, 0.25) is 0 Å². The first-order chi connectivity index (χ1) is 21.5. The Hall–Kier alpha value is -4.50. The topological polar surface area (TPSA) is 102 Å². The van der Waals surface area contributed by atoms with Gasteiger partial charge in [0.1, 0.15) is 28.7 Å². The van der Waals surface area contributed by atoms with Crippen LogP contribution in [0.4, 0.5) is 0 Å². The summed E-state index contributed by atoms with van der Waals surface area (Å²) in [6.45, 7) is 7.54. The number of unbranched alkanes of at least 4 members (excludes halogenated alkanes) is 4. The average molecular weight is 606 g/mol. The van der Waals surface area contributed by atoms with Crippen LogP contribution in [0.15, 0.2) is 79.4 Å². The Balaban J connectivity index is 1.44. The van der Waals surface area contributed by atoms with Crippen molar-refractivity contribution in [2.45, 2.75) is 52.0 Å². The summed E-state index contributed by atoms with van der Waals surface area (Å²) in [6.07, 6.45) is 7.21. The van der Waals surface area contributed by atoms with Gasteiger partial charge in [0.15, 0.2) is 0 Å². The van der Waals surface area contributed by atoms with Crippen LogP contribution in [-0.4, -0.2) is 45.6 Å². The first-order valence-electron chi connectivity index (χ1n) is 15.0. The summed E-state index contributed by atoms with van der Waals surface area (Å²) < 4.78 is 33.6. The standard InChI is InChI=1S/C35H43NO8/c1-4-6-7-8-21-39-30-15-17-31(18-16-30)42-26-43-32-19-20-33(28(24-32)25-36-3)44-35(38)27-11-13-29(14-12-27)40-22-9-10-23-41-34(37)5-2/h5,11-20,24,36H,2,4,6-10,21-23,25-26H2,1,3H3. The van der Waals surface area contributed by atoms with Crippen molar-refractivity contribution in [2.75, 3.05) is 33.7 Å². The maximum absolute atomic E-state index is 12.8. The van der Waals surface area contributed by atoms with E-state index in [1.165, 1.54) is 19.3 Å². The van der Waals surface area contributed by atoms with Gasteiger partial charge >= 0.3 is 11.9 Å². The molecule has 0 aromatic heterocycles. The minimum atomic E-state index is -0.483. The van der Waals surface area contributed by atoms with E-state index in [1.54, 1.807) is 36.4 Å². The van der Waals surface area contributed by atoms with Crippen molar-refractivity contribution in [3.63, 3.8) is 0 Å². The molecule has 9 heteroatoms. The van der Waals surface area contributed by atoms with Gasteiger partial charge in [-0.3, -0.25) is 0 Å². The van der Waals surface area contributed by atoms with E-state index in [0.29, 0.717) is 61.3 Å². The lowest BCUT2D eigenvalue weighted by Gasteiger charge is -2.14. The van der Waals surface area contributed by atoms with Crippen LogP contribution in [0.5, 0.6) is 28.7 Å². The van der Waals surface area contributed by atoms with Crippen molar-refractivity contribution in [1.82, 2.24) is 5.32 Å². The molecule has 0 unspecified atom stereocenters. The van der Waals surface area contributed by atoms with Gasteiger partial charge in [-0.25, -0.2) is 9.59 Å². The number of ether oxygens (including phenoxy) is 6. The van der Waals surface area contributed by atoms with Crippen molar-refractivity contribution in [1.29, 1.82) is 0 Å². The Bertz CT molecular complexity index is 1290. The molecule has 0 aliphatic heterocycles. The van der Waals surface area contributed by atoms with Crippen molar-refractivity contribution in [3.8, 4) is 28.7 Å². The molecule has 1 N–H and O–H groups in total. The molecule has 0 aliphatic carbocycles. The fourth-order valence-corrected chi connectivity index (χ4v) is 4.06. The van der Waals surface area contributed by atoms with Gasteiger partial charge in [0.05, 0.1) is 25.4 Å². The second-order valence-corrected chi connectivity index (χ2v) is 9.93. The van der Waals surface area contributed by atoms with Crippen LogP contribution in [0.3, 0.4) is 0 Å². The summed E-state index contributed by atoms with van der Waals surface area (Å²) in [6, 6.07) is 19.5. The molecule has 0 fully saturated rings. The molecule has 3 aromatic rings. The Morgan fingerprint density at radius 1 is 0.727 bits per heavy atom. The van der Waals surface area contributed by atoms with Gasteiger partial charge in [0, 0.05) is 18.2 Å². The van der Waals surface area contributed by atoms with E-state index in [9.17, 15) is 9.59 Å². The number of rotatable bonds is 21. The minimum absolute atomic E-state index is 0.0204. The van der Waals surface area contributed by atoms with Gasteiger partial charge < -0.3 is 33.7 Å². The number of carbonyl (C=O) groups excluding carboxylic acids is 2. The van der Waals surface area contributed by atoms with E-state index < -0.39 is 11.9 Å². The monoisotopic (exact) mass is 605 g/mol. The second-order valence-electron chi connectivity index (χ2n) is 9.93. The molecular weight excluding hydrogens is 562 g/mol. The third-order valence-electron chi connectivity index (χ3n) is 6.45. The maximum atomic E-state index is 12.8. The molecule has 0 bridgehead atoms. The first-order valence-corrected chi connectivity index (χ1v) is 15.0. The van der Waals surface area contributed by atoms with E-state index in [0.717, 1.165) is 30.2 Å². The highest BCUT2D eigenvalue weighted by Crippen LogP contribution is 2.26. The average Bonchev–Trinajstić information content (AvgIpc) is 3.04. The van der Waals surface area contributed by atoms with Gasteiger partial charge in [0.2, 0.25) is 6.79 Å². The smallest absolute Gasteiger partial charge is 0.343 e. The quantitative estimate of drug-likeness (QED) is 0.0457. The number of benzene rings is 3. The molecule has 0 saturated carbocycles. The third-order valence-corrected chi connectivity index (χ3v) is 6.45. The van der Waals surface area contributed by atoms with Crippen LogP contribution >= 0.6 is 0 Å². The van der Waals surface area contributed by atoms with Crippen molar-refractivity contribution >= 4 is 11.9 Å². The zero-order valence-corrected chi connectivity index (χ0v) is 25.7. The van der Waals surface area contributed by atoms with E-state index in [2.05, 4.69) is 18.8 Å². The fourth-order valence-electron chi connectivity index (χ4n) is 4.06. The Kier molecular flexibility index (Phi) is 15.2. The van der Waals surface area contributed by atoms with E-state index >= 15 is 0 Å². The summed E-state index contributed by atoms with van der Waals surface area (Å²) in [5, 5.41) is 3.09. The lowest BCUT2D eigenvalue weighted by atomic mass is 10.1. The molecular formula is C35H43NO8. The largest absolute Gasteiger partial charge is 0.494 e. The molecule has 0 aliphatic rings. The van der Waals surface area contributed by atoms with E-state index in [-0.39, 0.29) is 6.79 Å². The predicted octanol–water partition coefficient (Wildman–Crippen LogP) is 6.89. The van der Waals surface area contributed by atoms with Crippen LogP contribution in [0.25, 0.3) is 0 Å². The molecule has 0 saturated heterocycles. The van der Waals surface area contributed by atoms with Gasteiger partial charge in [-0.1, -0.05) is 32.8 Å². The Morgan fingerprint density at radius 2 is 1.30 bits per heavy atom. The molecule has 0 radical (unpaired) electrons. The van der Waals surface area contributed by atoms with Crippen molar-refractivity contribution in [2.24, 2.45) is 0 Å². The Morgan fingerprint density at radius 3 is 1.93 bits per heavy atom. The highest BCUT2D eigenvalue weighted by atomic mass is 16.7. The summed E-state index contributed by atoms with van der Waals surface area (Å²) >= 11 is 0. The zero-order chi connectivity index (χ0) is 31.4. The van der Waals surface area contributed by atoms with Gasteiger partial charge in [-0.15, -0.1) is 0 Å². The predicted molar refractivity (Wildman–Crippen MR) is 169 cm³/mol. The molecule has 44 heavy (non-hydrogen) atoms.